The van der Waals surface area contributed by atoms with E-state index in [-0.39, 0.29) is 23.6 Å². The van der Waals surface area contributed by atoms with Crippen molar-refractivity contribution < 1.29 is 13.2 Å². The lowest BCUT2D eigenvalue weighted by atomic mass is 10.2. The first-order chi connectivity index (χ1) is 7.00. The van der Waals surface area contributed by atoms with Crippen LogP contribution in [0.15, 0.2) is 0 Å². The van der Waals surface area contributed by atoms with E-state index in [2.05, 4.69) is 4.90 Å². The molecule has 1 aliphatic rings. The van der Waals surface area contributed by atoms with Gasteiger partial charge in [-0.1, -0.05) is 0 Å². The molecule has 0 bridgehead atoms. The smallest absolute Gasteiger partial charge is 0.153 e. The Labute approximate surface area is 91.5 Å². The van der Waals surface area contributed by atoms with Crippen molar-refractivity contribution in [2.45, 2.75) is 19.0 Å². The summed E-state index contributed by atoms with van der Waals surface area (Å²) in [5, 5.41) is 0. The van der Waals surface area contributed by atoms with Crippen LogP contribution < -0.4 is 5.73 Å². The zero-order chi connectivity index (χ0) is 11.5. The van der Waals surface area contributed by atoms with Crippen LogP contribution in [-0.2, 0) is 14.6 Å². The van der Waals surface area contributed by atoms with Gasteiger partial charge in [0, 0.05) is 32.3 Å². The number of nitrogens with zero attached hydrogens (tertiary/aromatic N) is 1. The Hall–Kier alpha value is -0.170. The molecular formula is C9H20N2O3S. The molecule has 1 heterocycles. The SMILES string of the molecule is COCC(CN)N1CCS(=O)(=O)CC1C. The molecule has 0 aromatic heterocycles. The summed E-state index contributed by atoms with van der Waals surface area (Å²) in [7, 11) is -1.21. The van der Waals surface area contributed by atoms with E-state index in [1.807, 2.05) is 6.92 Å². The second kappa shape index (κ2) is 5.25. The molecular weight excluding hydrogens is 216 g/mol. The highest BCUT2D eigenvalue weighted by molar-refractivity contribution is 7.91. The zero-order valence-electron chi connectivity index (χ0n) is 9.35. The quantitative estimate of drug-likeness (QED) is 0.683. The summed E-state index contributed by atoms with van der Waals surface area (Å²) >= 11 is 0. The van der Waals surface area contributed by atoms with Gasteiger partial charge in [0.05, 0.1) is 18.1 Å². The topological polar surface area (TPSA) is 72.6 Å². The van der Waals surface area contributed by atoms with Crippen molar-refractivity contribution in [3.63, 3.8) is 0 Å². The molecule has 15 heavy (non-hydrogen) atoms. The number of nitrogens with two attached hydrogens (primary N) is 1. The van der Waals surface area contributed by atoms with E-state index >= 15 is 0 Å². The molecule has 0 spiro atoms. The van der Waals surface area contributed by atoms with Crippen molar-refractivity contribution in [3.05, 3.63) is 0 Å². The van der Waals surface area contributed by atoms with Crippen LogP contribution in [0.25, 0.3) is 0 Å². The van der Waals surface area contributed by atoms with Gasteiger partial charge in [-0.15, -0.1) is 0 Å². The largest absolute Gasteiger partial charge is 0.383 e. The summed E-state index contributed by atoms with van der Waals surface area (Å²) in [6.07, 6.45) is 0. The van der Waals surface area contributed by atoms with Crippen molar-refractivity contribution in [1.29, 1.82) is 0 Å². The normalized spacial score (nSPS) is 28.9. The molecule has 1 fully saturated rings. The van der Waals surface area contributed by atoms with E-state index in [0.29, 0.717) is 19.7 Å². The number of sulfone groups is 1. The van der Waals surface area contributed by atoms with E-state index in [9.17, 15) is 8.42 Å². The van der Waals surface area contributed by atoms with Crippen LogP contribution in [0.5, 0.6) is 0 Å². The fourth-order valence-corrected chi connectivity index (χ4v) is 3.63. The lowest BCUT2D eigenvalue weighted by molar-refractivity contribution is 0.0763. The molecule has 1 rings (SSSR count). The predicted molar refractivity (Wildman–Crippen MR) is 59.5 cm³/mol. The molecule has 0 radical (unpaired) electrons. The Balaban J connectivity index is 2.63. The molecule has 6 heteroatoms. The van der Waals surface area contributed by atoms with Crippen LogP contribution in [0.1, 0.15) is 6.92 Å². The van der Waals surface area contributed by atoms with Gasteiger partial charge in [0.25, 0.3) is 0 Å². The maximum atomic E-state index is 11.4. The summed E-state index contributed by atoms with van der Waals surface area (Å²) in [6.45, 7) is 3.54. The highest BCUT2D eigenvalue weighted by atomic mass is 32.2. The molecule has 5 nitrogen and oxygen atoms in total. The van der Waals surface area contributed by atoms with Gasteiger partial charge in [-0.25, -0.2) is 8.42 Å². The fourth-order valence-electron chi connectivity index (χ4n) is 2.05. The van der Waals surface area contributed by atoms with Crippen LogP contribution >= 0.6 is 0 Å². The van der Waals surface area contributed by atoms with Crippen molar-refractivity contribution >= 4 is 9.84 Å². The number of ether oxygens (including phenoxy) is 1. The molecule has 0 saturated carbocycles. The summed E-state index contributed by atoms with van der Waals surface area (Å²) in [4.78, 5) is 2.13. The third-order valence-corrected chi connectivity index (χ3v) is 4.62. The van der Waals surface area contributed by atoms with Gasteiger partial charge in [0.1, 0.15) is 0 Å². The minimum Gasteiger partial charge on any atom is -0.383 e. The summed E-state index contributed by atoms with van der Waals surface area (Å²) in [6, 6.07) is 0.160. The first-order valence-electron chi connectivity index (χ1n) is 5.15. The van der Waals surface area contributed by atoms with E-state index in [0.717, 1.165) is 0 Å². The first-order valence-corrected chi connectivity index (χ1v) is 6.97. The maximum absolute atomic E-state index is 11.4. The minimum absolute atomic E-state index is 0.0347. The van der Waals surface area contributed by atoms with Crippen LogP contribution in [0, 0.1) is 0 Å². The lowest BCUT2D eigenvalue weighted by Crippen LogP contribution is -2.55. The summed E-state index contributed by atoms with van der Waals surface area (Å²) in [5.41, 5.74) is 5.65. The molecule has 1 saturated heterocycles. The number of methoxy groups -OCH3 is 1. The zero-order valence-corrected chi connectivity index (χ0v) is 10.2. The molecule has 0 aliphatic carbocycles. The Morgan fingerprint density at radius 3 is 2.73 bits per heavy atom. The lowest BCUT2D eigenvalue weighted by Gasteiger charge is -2.38. The van der Waals surface area contributed by atoms with Crippen molar-refractivity contribution in [2.75, 3.05) is 38.3 Å². The van der Waals surface area contributed by atoms with E-state index in [1.165, 1.54) is 0 Å². The van der Waals surface area contributed by atoms with E-state index in [1.54, 1.807) is 7.11 Å². The van der Waals surface area contributed by atoms with E-state index in [4.69, 9.17) is 10.5 Å². The highest BCUT2D eigenvalue weighted by Crippen LogP contribution is 2.14. The van der Waals surface area contributed by atoms with E-state index < -0.39 is 9.84 Å². The molecule has 1 aliphatic heterocycles. The van der Waals surface area contributed by atoms with Crippen molar-refractivity contribution in [3.8, 4) is 0 Å². The number of hydrogen-bond donors (Lipinski definition) is 1. The van der Waals surface area contributed by atoms with Crippen LogP contribution in [-0.4, -0.2) is 63.7 Å². The van der Waals surface area contributed by atoms with Gasteiger partial charge in [-0.05, 0) is 6.92 Å². The van der Waals surface area contributed by atoms with Crippen LogP contribution in [0.2, 0.25) is 0 Å². The average molecular weight is 236 g/mol. The third kappa shape index (κ3) is 3.41. The minimum atomic E-state index is -2.84. The molecule has 0 aromatic carbocycles. The van der Waals surface area contributed by atoms with Crippen molar-refractivity contribution in [2.24, 2.45) is 5.73 Å². The molecule has 0 aromatic rings. The van der Waals surface area contributed by atoms with Crippen LogP contribution in [0.4, 0.5) is 0 Å². The number of hydrogen-bond acceptors (Lipinski definition) is 5. The van der Waals surface area contributed by atoms with Gasteiger partial charge >= 0.3 is 0 Å². The second-order valence-corrected chi connectivity index (χ2v) is 6.27. The molecule has 2 unspecified atom stereocenters. The summed E-state index contributed by atoms with van der Waals surface area (Å²) in [5.74, 6) is 0.463. The first kappa shape index (κ1) is 12.9. The van der Waals surface area contributed by atoms with Gasteiger partial charge < -0.3 is 10.5 Å². The van der Waals surface area contributed by atoms with Gasteiger partial charge in [-0.2, -0.15) is 0 Å². The Morgan fingerprint density at radius 1 is 1.60 bits per heavy atom. The Morgan fingerprint density at radius 2 is 2.27 bits per heavy atom. The fraction of sp³-hybridized carbons (Fsp3) is 1.00. The maximum Gasteiger partial charge on any atom is 0.153 e. The van der Waals surface area contributed by atoms with Gasteiger partial charge in [0.15, 0.2) is 9.84 Å². The van der Waals surface area contributed by atoms with Gasteiger partial charge in [-0.3, -0.25) is 4.90 Å². The Bertz CT molecular complexity index is 292. The van der Waals surface area contributed by atoms with Gasteiger partial charge in [0.2, 0.25) is 0 Å². The number of rotatable bonds is 4. The predicted octanol–water partition coefficient (Wildman–Crippen LogP) is -0.921. The monoisotopic (exact) mass is 236 g/mol. The van der Waals surface area contributed by atoms with Crippen LogP contribution in [0.3, 0.4) is 0 Å². The average Bonchev–Trinajstić information content (AvgIpc) is 2.14. The third-order valence-electron chi connectivity index (χ3n) is 2.82. The molecule has 90 valence electrons. The van der Waals surface area contributed by atoms with Crippen molar-refractivity contribution in [1.82, 2.24) is 4.90 Å². The second-order valence-electron chi connectivity index (χ2n) is 4.05. The standard InChI is InChI=1S/C9H20N2O3S/c1-8-7-15(12,13)4-3-11(8)9(5-10)6-14-2/h8-9H,3-7,10H2,1-2H3. The highest BCUT2D eigenvalue weighted by Gasteiger charge is 2.31. The summed E-state index contributed by atoms with van der Waals surface area (Å²) < 4.78 is 27.8. The molecule has 2 atom stereocenters. The molecule has 0 amide bonds. The molecule has 2 N–H and O–H groups in total. The Kier molecular flexibility index (Phi) is 4.51.